The van der Waals surface area contributed by atoms with Gasteiger partial charge < -0.3 is 14.6 Å². The van der Waals surface area contributed by atoms with Crippen LogP contribution in [0.3, 0.4) is 0 Å². The second-order valence-corrected chi connectivity index (χ2v) is 7.05. The van der Waals surface area contributed by atoms with Crippen LogP contribution in [0.5, 0.6) is 0 Å². The van der Waals surface area contributed by atoms with Gasteiger partial charge in [-0.2, -0.15) is 0 Å². The first kappa shape index (κ1) is 20.4. The Labute approximate surface area is 171 Å². The molecule has 1 aromatic heterocycles. The largest absolute Gasteiger partial charge is 0.461 e. The quantitative estimate of drug-likeness (QED) is 0.610. The molecule has 5 nitrogen and oxygen atoms in total. The molecule has 29 heavy (non-hydrogen) atoms. The van der Waals surface area contributed by atoms with Gasteiger partial charge >= 0.3 is 5.97 Å². The van der Waals surface area contributed by atoms with Gasteiger partial charge in [-0.15, -0.1) is 0 Å². The highest BCUT2D eigenvalue weighted by atomic mass is 16.5. The summed E-state index contributed by atoms with van der Waals surface area (Å²) in [5, 5.41) is 2.95. The van der Waals surface area contributed by atoms with Crippen molar-refractivity contribution in [2.45, 2.75) is 34.2 Å². The molecular formula is C24H26N2O3. The Bertz CT molecular complexity index is 1040. The summed E-state index contributed by atoms with van der Waals surface area (Å²) in [6.45, 7) is 8.17. The Balaban J connectivity index is 2.04. The summed E-state index contributed by atoms with van der Waals surface area (Å²) in [5.74, 6) is -0.651. The van der Waals surface area contributed by atoms with E-state index < -0.39 is 5.97 Å². The van der Waals surface area contributed by atoms with E-state index in [1.54, 1.807) is 13.8 Å². The number of benzene rings is 2. The van der Waals surface area contributed by atoms with E-state index in [-0.39, 0.29) is 12.5 Å². The van der Waals surface area contributed by atoms with Gasteiger partial charge in [0.05, 0.1) is 12.2 Å². The molecule has 2 aromatic carbocycles. The number of aryl methyl sites for hydroxylation is 1. The standard InChI is InChI=1S/C24H26N2O3/c1-5-29-24(28)22-17(3)21(23(27)25-20-13-9-10-16(2)14-20)18(4)26(22)15-19-11-7-6-8-12-19/h6-14H,5,15H2,1-4H3,(H,25,27). The Morgan fingerprint density at radius 1 is 1.00 bits per heavy atom. The van der Waals surface area contributed by atoms with Crippen LogP contribution in [0.2, 0.25) is 0 Å². The Morgan fingerprint density at radius 3 is 2.38 bits per heavy atom. The monoisotopic (exact) mass is 390 g/mol. The normalized spacial score (nSPS) is 10.6. The number of amides is 1. The highest BCUT2D eigenvalue weighted by molar-refractivity contribution is 6.08. The van der Waals surface area contributed by atoms with Gasteiger partial charge in [-0.25, -0.2) is 4.79 Å². The lowest BCUT2D eigenvalue weighted by Gasteiger charge is -2.12. The molecule has 1 heterocycles. The first-order valence-corrected chi connectivity index (χ1v) is 9.71. The van der Waals surface area contributed by atoms with Gasteiger partial charge in [0.1, 0.15) is 5.69 Å². The molecule has 0 aliphatic rings. The van der Waals surface area contributed by atoms with Crippen molar-refractivity contribution in [3.63, 3.8) is 0 Å². The van der Waals surface area contributed by atoms with Crippen molar-refractivity contribution >= 4 is 17.6 Å². The van der Waals surface area contributed by atoms with Gasteiger partial charge in [-0.3, -0.25) is 4.79 Å². The third-order valence-electron chi connectivity index (χ3n) is 4.92. The summed E-state index contributed by atoms with van der Waals surface area (Å²) in [7, 11) is 0. The van der Waals surface area contributed by atoms with E-state index in [0.717, 1.165) is 22.5 Å². The fourth-order valence-corrected chi connectivity index (χ4v) is 3.57. The fourth-order valence-electron chi connectivity index (χ4n) is 3.57. The van der Waals surface area contributed by atoms with Gasteiger partial charge in [-0.1, -0.05) is 42.5 Å². The average molecular weight is 390 g/mol. The molecule has 0 radical (unpaired) electrons. The molecule has 0 aliphatic heterocycles. The molecule has 150 valence electrons. The predicted molar refractivity (Wildman–Crippen MR) is 115 cm³/mol. The molecule has 0 saturated heterocycles. The topological polar surface area (TPSA) is 60.3 Å². The first-order chi connectivity index (χ1) is 13.9. The van der Waals surface area contributed by atoms with Gasteiger partial charge in [0.25, 0.3) is 5.91 Å². The number of aromatic nitrogens is 1. The van der Waals surface area contributed by atoms with Crippen LogP contribution in [0, 0.1) is 20.8 Å². The number of carbonyl (C=O) groups is 2. The van der Waals surface area contributed by atoms with Crippen LogP contribution in [-0.4, -0.2) is 23.1 Å². The van der Waals surface area contributed by atoms with E-state index in [4.69, 9.17) is 4.74 Å². The molecule has 1 amide bonds. The maximum Gasteiger partial charge on any atom is 0.355 e. The zero-order valence-electron chi connectivity index (χ0n) is 17.3. The number of hydrogen-bond acceptors (Lipinski definition) is 3. The lowest BCUT2D eigenvalue weighted by atomic mass is 10.1. The van der Waals surface area contributed by atoms with Gasteiger partial charge in [-0.05, 0) is 56.5 Å². The molecule has 1 N–H and O–H groups in total. The second kappa shape index (κ2) is 8.78. The van der Waals surface area contributed by atoms with Gasteiger partial charge in [0.2, 0.25) is 0 Å². The highest BCUT2D eigenvalue weighted by Crippen LogP contribution is 2.26. The number of anilines is 1. The van der Waals surface area contributed by atoms with E-state index in [1.807, 2.05) is 73.0 Å². The van der Waals surface area contributed by atoms with Gasteiger partial charge in [0.15, 0.2) is 0 Å². The van der Waals surface area contributed by atoms with Crippen LogP contribution < -0.4 is 5.32 Å². The molecule has 3 aromatic rings. The maximum atomic E-state index is 13.1. The minimum atomic E-state index is -0.418. The molecule has 0 saturated carbocycles. The van der Waals surface area contributed by atoms with Gasteiger partial charge in [0, 0.05) is 17.9 Å². The van der Waals surface area contributed by atoms with Crippen molar-refractivity contribution in [2.24, 2.45) is 0 Å². The summed E-state index contributed by atoms with van der Waals surface area (Å²) < 4.78 is 7.15. The molecule has 0 fully saturated rings. The number of carbonyl (C=O) groups excluding carboxylic acids is 2. The summed E-state index contributed by atoms with van der Waals surface area (Å²) in [5.41, 5.74) is 5.11. The lowest BCUT2D eigenvalue weighted by molar-refractivity contribution is 0.0513. The Hall–Kier alpha value is -3.34. The number of hydrogen-bond donors (Lipinski definition) is 1. The van der Waals surface area contributed by atoms with Crippen LogP contribution in [0.15, 0.2) is 54.6 Å². The predicted octanol–water partition coefficient (Wildman–Crippen LogP) is 4.89. The van der Waals surface area contributed by atoms with Crippen LogP contribution in [-0.2, 0) is 11.3 Å². The highest BCUT2D eigenvalue weighted by Gasteiger charge is 2.27. The average Bonchev–Trinajstić information content (AvgIpc) is 2.92. The Morgan fingerprint density at radius 2 is 1.72 bits per heavy atom. The fraction of sp³-hybridized carbons (Fsp3) is 0.250. The van der Waals surface area contributed by atoms with Crippen molar-refractivity contribution in [3.8, 4) is 0 Å². The molecule has 0 spiro atoms. The van der Waals surface area contributed by atoms with E-state index in [2.05, 4.69) is 5.32 Å². The molecule has 5 heteroatoms. The van der Waals surface area contributed by atoms with Crippen molar-refractivity contribution in [1.29, 1.82) is 0 Å². The zero-order chi connectivity index (χ0) is 21.0. The van der Waals surface area contributed by atoms with Crippen molar-refractivity contribution in [2.75, 3.05) is 11.9 Å². The summed E-state index contributed by atoms with van der Waals surface area (Å²) in [6.07, 6.45) is 0. The molecule has 0 unspecified atom stereocenters. The first-order valence-electron chi connectivity index (χ1n) is 9.71. The van der Waals surface area contributed by atoms with Crippen LogP contribution in [0.25, 0.3) is 0 Å². The van der Waals surface area contributed by atoms with Crippen LogP contribution in [0.1, 0.15) is 50.2 Å². The smallest absolute Gasteiger partial charge is 0.355 e. The zero-order valence-corrected chi connectivity index (χ0v) is 17.3. The van der Waals surface area contributed by atoms with E-state index in [0.29, 0.717) is 23.4 Å². The number of nitrogens with one attached hydrogen (secondary N) is 1. The van der Waals surface area contributed by atoms with Crippen LogP contribution >= 0.6 is 0 Å². The lowest BCUT2D eigenvalue weighted by Crippen LogP contribution is -2.15. The Kier molecular flexibility index (Phi) is 6.17. The van der Waals surface area contributed by atoms with Crippen LogP contribution in [0.4, 0.5) is 5.69 Å². The van der Waals surface area contributed by atoms with E-state index >= 15 is 0 Å². The second-order valence-electron chi connectivity index (χ2n) is 7.05. The van der Waals surface area contributed by atoms with Crippen molar-refractivity contribution < 1.29 is 14.3 Å². The summed E-state index contributed by atoms with van der Waals surface area (Å²) >= 11 is 0. The summed E-state index contributed by atoms with van der Waals surface area (Å²) in [4.78, 5) is 25.8. The third kappa shape index (κ3) is 4.40. The molecule has 0 atom stereocenters. The summed E-state index contributed by atoms with van der Waals surface area (Å²) in [6, 6.07) is 17.5. The minimum absolute atomic E-state index is 0.233. The van der Waals surface area contributed by atoms with E-state index in [9.17, 15) is 9.59 Å². The molecule has 0 bridgehead atoms. The number of nitrogens with zero attached hydrogens (tertiary/aromatic N) is 1. The maximum absolute atomic E-state index is 13.1. The SMILES string of the molecule is CCOC(=O)c1c(C)c(C(=O)Nc2cccc(C)c2)c(C)n1Cc1ccccc1. The molecule has 0 aliphatic carbocycles. The number of esters is 1. The molecule has 3 rings (SSSR count). The van der Waals surface area contributed by atoms with Crippen molar-refractivity contribution in [3.05, 3.63) is 88.2 Å². The number of rotatable bonds is 6. The third-order valence-corrected chi connectivity index (χ3v) is 4.92. The minimum Gasteiger partial charge on any atom is -0.461 e. The van der Waals surface area contributed by atoms with E-state index in [1.165, 1.54) is 0 Å². The number of ether oxygens (including phenoxy) is 1. The molecular weight excluding hydrogens is 364 g/mol. The van der Waals surface area contributed by atoms with Crippen molar-refractivity contribution in [1.82, 2.24) is 4.57 Å².